The number of allylic oxidation sites excluding steroid dienone is 5. The van der Waals surface area contributed by atoms with E-state index < -0.39 is 0 Å². The highest BCUT2D eigenvalue weighted by Crippen LogP contribution is 2.40. The lowest BCUT2D eigenvalue weighted by Gasteiger charge is -2.31. The Kier molecular flexibility index (Phi) is 4.64. The van der Waals surface area contributed by atoms with Gasteiger partial charge in [0.15, 0.2) is 23.1 Å². The van der Waals surface area contributed by atoms with E-state index in [0.29, 0.717) is 28.8 Å². The molecule has 5 nitrogen and oxygen atoms in total. The van der Waals surface area contributed by atoms with E-state index in [9.17, 15) is 4.79 Å². The van der Waals surface area contributed by atoms with E-state index in [4.69, 9.17) is 18.8 Å². The third kappa shape index (κ3) is 3.56. The number of hydrogen-bond donors (Lipinski definition) is 0. The van der Waals surface area contributed by atoms with Gasteiger partial charge in [-0.05, 0) is 47.2 Å². The molecule has 5 heteroatoms. The number of Topliss-reactive ketones (excluding diaryl/α,β-unsaturated/α-hetero) is 1. The number of rotatable bonds is 2. The van der Waals surface area contributed by atoms with Crippen LogP contribution in [-0.4, -0.2) is 17.2 Å². The van der Waals surface area contributed by atoms with E-state index in [2.05, 4.69) is 0 Å². The Morgan fingerprint density at radius 3 is 1.50 bits per heavy atom. The van der Waals surface area contributed by atoms with Gasteiger partial charge in [-0.1, -0.05) is 41.5 Å². The van der Waals surface area contributed by atoms with Gasteiger partial charge in [0.1, 0.15) is 11.4 Å². The number of carbonyl (C=O) groups is 1. The Hall–Kier alpha value is -3.21. The smallest absolute Gasteiger partial charge is 0.186 e. The first kappa shape index (κ1) is 20.1. The second-order valence-electron chi connectivity index (χ2n) is 9.60. The molecule has 1 aliphatic carbocycles. The van der Waals surface area contributed by atoms with Crippen LogP contribution >= 0.6 is 0 Å². The molecule has 0 amide bonds. The molecule has 0 bridgehead atoms. The molecule has 154 valence electrons. The van der Waals surface area contributed by atoms with Crippen molar-refractivity contribution in [3.8, 4) is 0 Å². The zero-order valence-corrected chi connectivity index (χ0v) is 18.2. The van der Waals surface area contributed by atoms with E-state index in [1.807, 2.05) is 78.0 Å². The van der Waals surface area contributed by atoms with Crippen molar-refractivity contribution in [3.05, 3.63) is 83.0 Å². The van der Waals surface area contributed by atoms with Gasteiger partial charge >= 0.3 is 0 Å². The quantitative estimate of drug-likeness (QED) is 0.628. The fourth-order valence-electron chi connectivity index (χ4n) is 3.51. The lowest BCUT2D eigenvalue weighted by atomic mass is 9.72. The highest BCUT2D eigenvalue weighted by Gasteiger charge is 2.35. The first-order valence-corrected chi connectivity index (χ1v) is 10.0. The second-order valence-corrected chi connectivity index (χ2v) is 9.60. The van der Waals surface area contributed by atoms with Crippen molar-refractivity contribution in [1.82, 2.24) is 0 Å². The summed E-state index contributed by atoms with van der Waals surface area (Å²) in [5, 5.41) is 0. The van der Waals surface area contributed by atoms with E-state index in [0.717, 1.165) is 16.7 Å². The molecule has 1 aliphatic heterocycles. The fourth-order valence-corrected chi connectivity index (χ4v) is 3.51. The van der Waals surface area contributed by atoms with Gasteiger partial charge in [-0.2, -0.15) is 0 Å². The molecule has 0 atom stereocenters. The summed E-state index contributed by atoms with van der Waals surface area (Å²) in [5.74, 6) is 1.87. The maximum Gasteiger partial charge on any atom is 0.186 e. The van der Waals surface area contributed by atoms with E-state index in [-0.39, 0.29) is 16.6 Å². The van der Waals surface area contributed by atoms with Crippen LogP contribution in [-0.2, 0) is 4.79 Å². The van der Waals surface area contributed by atoms with E-state index in [1.165, 1.54) is 0 Å². The molecule has 0 saturated heterocycles. The summed E-state index contributed by atoms with van der Waals surface area (Å²) in [4.78, 5) is 22.8. The Morgan fingerprint density at radius 2 is 1.17 bits per heavy atom. The van der Waals surface area contributed by atoms with Crippen LogP contribution in [0.2, 0.25) is 0 Å². The van der Waals surface area contributed by atoms with Crippen molar-refractivity contribution < 1.29 is 13.6 Å². The number of hydrogen-bond acceptors (Lipinski definition) is 5. The van der Waals surface area contributed by atoms with Crippen LogP contribution in [0.4, 0.5) is 0 Å². The highest BCUT2D eigenvalue weighted by atomic mass is 16.3. The Morgan fingerprint density at radius 1 is 0.733 bits per heavy atom. The molecule has 0 unspecified atom stereocenters. The molecule has 3 heterocycles. The summed E-state index contributed by atoms with van der Waals surface area (Å²) in [6, 6.07) is 7.33. The van der Waals surface area contributed by atoms with Crippen LogP contribution in [0, 0.1) is 10.8 Å². The topological polar surface area (TPSA) is 68.1 Å². The molecule has 0 fully saturated rings. The minimum Gasteiger partial charge on any atom is -0.463 e. The Labute approximate surface area is 176 Å². The summed E-state index contributed by atoms with van der Waals surface area (Å²) in [7, 11) is 0. The van der Waals surface area contributed by atoms with Crippen molar-refractivity contribution in [1.29, 1.82) is 0 Å². The summed E-state index contributed by atoms with van der Waals surface area (Å²) >= 11 is 0. The number of furan rings is 2. The molecule has 0 spiro atoms. The monoisotopic (exact) mass is 402 g/mol. The minimum absolute atomic E-state index is 0.0859. The molecular formula is C25H26N2O3. The molecule has 0 aromatic carbocycles. The number of aliphatic imine (C=N–C) groups is 2. The van der Waals surface area contributed by atoms with Crippen molar-refractivity contribution in [2.75, 3.05) is 0 Å². The third-order valence-electron chi connectivity index (χ3n) is 5.13. The molecule has 30 heavy (non-hydrogen) atoms. The predicted octanol–water partition coefficient (Wildman–Crippen LogP) is 5.90. The normalized spacial score (nSPS) is 17.7. The van der Waals surface area contributed by atoms with Gasteiger partial charge in [-0.25, -0.2) is 9.98 Å². The van der Waals surface area contributed by atoms with Gasteiger partial charge in [0.25, 0.3) is 0 Å². The molecule has 0 radical (unpaired) electrons. The molecule has 4 rings (SSSR count). The standard InChI is InChI=1S/C25H26N2O3/c1-24(2,3)16-13-15(14-17(22(16)28)25(4,5)6)23-26-20(18-9-7-11-29-18)21(27-23)19-10-8-12-30-19/h7-14H,1-6H3. The van der Waals surface area contributed by atoms with Crippen molar-refractivity contribution >= 4 is 17.2 Å². The highest BCUT2D eigenvalue weighted by molar-refractivity contribution is 6.53. The first-order chi connectivity index (χ1) is 14.1. The van der Waals surface area contributed by atoms with Gasteiger partial charge in [-0.15, -0.1) is 0 Å². The van der Waals surface area contributed by atoms with Crippen LogP contribution in [0.1, 0.15) is 53.1 Å². The van der Waals surface area contributed by atoms with Gasteiger partial charge < -0.3 is 8.83 Å². The van der Waals surface area contributed by atoms with E-state index in [1.54, 1.807) is 12.5 Å². The lowest BCUT2D eigenvalue weighted by Crippen LogP contribution is -2.28. The average molecular weight is 402 g/mol. The van der Waals surface area contributed by atoms with Gasteiger partial charge in [0, 0.05) is 16.7 Å². The van der Waals surface area contributed by atoms with Gasteiger partial charge in [0.05, 0.1) is 12.5 Å². The average Bonchev–Trinajstić information content (AvgIpc) is 3.39. The Balaban J connectivity index is 1.95. The molecule has 0 saturated carbocycles. The third-order valence-corrected chi connectivity index (χ3v) is 5.13. The van der Waals surface area contributed by atoms with Crippen molar-refractivity contribution in [2.45, 2.75) is 41.5 Å². The fraction of sp³-hybridized carbons (Fsp3) is 0.320. The number of carbonyl (C=O) groups excluding carboxylic acids is 1. The number of ketones is 1. The lowest BCUT2D eigenvalue weighted by molar-refractivity contribution is -0.114. The molecule has 2 aliphatic rings. The van der Waals surface area contributed by atoms with Crippen LogP contribution in [0.5, 0.6) is 0 Å². The zero-order chi connectivity index (χ0) is 21.7. The summed E-state index contributed by atoms with van der Waals surface area (Å²) in [5.41, 5.74) is 2.97. The molecule has 2 aromatic heterocycles. The maximum absolute atomic E-state index is 13.2. The van der Waals surface area contributed by atoms with Crippen LogP contribution in [0.25, 0.3) is 0 Å². The summed E-state index contributed by atoms with van der Waals surface area (Å²) in [6.45, 7) is 12.3. The molecule has 0 N–H and O–H groups in total. The Bertz CT molecular complexity index is 1050. The molecule has 2 aromatic rings. The van der Waals surface area contributed by atoms with Crippen molar-refractivity contribution in [2.24, 2.45) is 20.8 Å². The van der Waals surface area contributed by atoms with Crippen LogP contribution in [0.15, 0.2) is 90.3 Å². The number of nitrogens with zero attached hydrogens (tertiary/aromatic N) is 2. The molecular weight excluding hydrogens is 376 g/mol. The van der Waals surface area contributed by atoms with E-state index >= 15 is 0 Å². The minimum atomic E-state index is -0.298. The maximum atomic E-state index is 13.2. The first-order valence-electron chi connectivity index (χ1n) is 10.0. The predicted molar refractivity (Wildman–Crippen MR) is 118 cm³/mol. The van der Waals surface area contributed by atoms with Gasteiger partial charge in [-0.3, -0.25) is 4.79 Å². The SMILES string of the molecule is CC(C)(C)C1=CC(=C2N=C(c3ccco3)C(c3ccco3)=N2)C=C(C(C)(C)C)C1=O. The summed E-state index contributed by atoms with van der Waals surface area (Å²) in [6.07, 6.45) is 7.06. The second kappa shape index (κ2) is 6.94. The van der Waals surface area contributed by atoms with Crippen LogP contribution < -0.4 is 0 Å². The zero-order valence-electron chi connectivity index (χ0n) is 18.2. The van der Waals surface area contributed by atoms with Crippen LogP contribution in [0.3, 0.4) is 0 Å². The largest absolute Gasteiger partial charge is 0.463 e. The van der Waals surface area contributed by atoms with Gasteiger partial charge in [0.2, 0.25) is 0 Å². The summed E-state index contributed by atoms with van der Waals surface area (Å²) < 4.78 is 11.2. The van der Waals surface area contributed by atoms with Crippen molar-refractivity contribution in [3.63, 3.8) is 0 Å².